The van der Waals surface area contributed by atoms with Crippen molar-refractivity contribution in [2.45, 2.75) is 50.7 Å². The molecule has 2 N–H and O–H groups in total. The smallest absolute Gasteiger partial charge is 0.123 e. The Hall–Kier alpha value is -0.640. The lowest BCUT2D eigenvalue weighted by atomic mass is 9.87. The number of hydrogen-bond acceptors (Lipinski definition) is 2. The van der Waals surface area contributed by atoms with E-state index in [0.717, 1.165) is 13.0 Å². The second-order valence-electron chi connectivity index (χ2n) is 5.76. The molecular weight excluding hydrogens is 265 g/mol. The minimum Gasteiger partial charge on any atom is -0.390 e. The van der Waals surface area contributed by atoms with E-state index in [-0.39, 0.29) is 5.82 Å². The summed E-state index contributed by atoms with van der Waals surface area (Å²) in [5.74, 6) is -0.314. The Kier molecular flexibility index (Phi) is 4.82. The average Bonchev–Trinajstić information content (AvgIpc) is 2.34. The molecule has 2 atom stereocenters. The molecule has 1 saturated heterocycles. The number of piperidine rings is 1. The van der Waals surface area contributed by atoms with Crippen molar-refractivity contribution in [2.75, 3.05) is 6.54 Å². The van der Waals surface area contributed by atoms with Gasteiger partial charge in [-0.2, -0.15) is 0 Å². The quantitative estimate of drug-likeness (QED) is 0.890. The highest BCUT2D eigenvalue weighted by atomic mass is 35.5. The van der Waals surface area contributed by atoms with Crippen LogP contribution in [0.4, 0.5) is 4.39 Å². The molecule has 1 heterocycles. The van der Waals surface area contributed by atoms with E-state index >= 15 is 0 Å². The zero-order valence-corrected chi connectivity index (χ0v) is 12.0. The van der Waals surface area contributed by atoms with E-state index in [1.807, 2.05) is 0 Å². The van der Waals surface area contributed by atoms with Gasteiger partial charge in [-0.05, 0) is 56.5 Å². The first-order valence-corrected chi connectivity index (χ1v) is 7.24. The molecule has 1 aromatic rings. The van der Waals surface area contributed by atoms with Crippen LogP contribution in [0, 0.1) is 5.82 Å². The van der Waals surface area contributed by atoms with Crippen LogP contribution in [0.25, 0.3) is 0 Å². The zero-order chi connectivity index (χ0) is 13.9. The van der Waals surface area contributed by atoms with Gasteiger partial charge in [0.15, 0.2) is 0 Å². The highest BCUT2D eigenvalue weighted by Crippen LogP contribution is 2.26. The Bertz CT molecular complexity index is 430. The number of nitrogens with one attached hydrogen (secondary N) is 1. The predicted octanol–water partition coefficient (Wildman–Crippen LogP) is 3.30. The third kappa shape index (κ3) is 4.44. The van der Waals surface area contributed by atoms with E-state index in [4.69, 9.17) is 11.6 Å². The van der Waals surface area contributed by atoms with Crippen molar-refractivity contribution in [1.82, 2.24) is 5.32 Å². The van der Waals surface area contributed by atoms with Crippen LogP contribution in [0.3, 0.4) is 0 Å². The molecule has 106 valence electrons. The van der Waals surface area contributed by atoms with E-state index < -0.39 is 5.60 Å². The molecule has 0 radical (unpaired) electrons. The van der Waals surface area contributed by atoms with Crippen LogP contribution < -0.4 is 5.32 Å². The van der Waals surface area contributed by atoms with E-state index in [2.05, 4.69) is 5.32 Å². The van der Waals surface area contributed by atoms with Crippen molar-refractivity contribution < 1.29 is 9.50 Å². The summed E-state index contributed by atoms with van der Waals surface area (Å²) in [6.07, 6.45) is 4.54. The minimum absolute atomic E-state index is 0.314. The summed E-state index contributed by atoms with van der Waals surface area (Å²) >= 11 is 6.05. The molecule has 2 nitrogen and oxygen atoms in total. The molecule has 0 bridgehead atoms. The third-order valence-corrected chi connectivity index (χ3v) is 4.05. The number of aliphatic hydroxyl groups is 1. The highest BCUT2D eigenvalue weighted by Gasteiger charge is 2.27. The molecule has 1 aromatic carbocycles. The lowest BCUT2D eigenvalue weighted by Gasteiger charge is -2.32. The number of halogens is 2. The maximum Gasteiger partial charge on any atom is 0.123 e. The topological polar surface area (TPSA) is 32.3 Å². The van der Waals surface area contributed by atoms with Gasteiger partial charge in [-0.15, -0.1) is 0 Å². The third-order valence-electron chi connectivity index (χ3n) is 3.68. The monoisotopic (exact) mass is 285 g/mol. The maximum atomic E-state index is 13.2. The van der Waals surface area contributed by atoms with Gasteiger partial charge in [0, 0.05) is 17.5 Å². The highest BCUT2D eigenvalue weighted by molar-refractivity contribution is 6.31. The standard InChI is InChI=1S/C15H21ClFNO/c1-15(19,10-13-4-2-3-7-18-13)9-11-8-12(17)5-6-14(11)16/h5-6,8,13,18-19H,2-4,7,9-10H2,1H3. The molecule has 0 aromatic heterocycles. The van der Waals surface area contributed by atoms with Crippen molar-refractivity contribution in [3.8, 4) is 0 Å². The molecule has 0 aliphatic carbocycles. The Morgan fingerprint density at radius 3 is 2.95 bits per heavy atom. The first-order valence-electron chi connectivity index (χ1n) is 6.86. The van der Waals surface area contributed by atoms with E-state index in [1.54, 1.807) is 13.0 Å². The van der Waals surface area contributed by atoms with E-state index in [1.165, 1.54) is 25.0 Å². The van der Waals surface area contributed by atoms with Crippen molar-refractivity contribution in [1.29, 1.82) is 0 Å². The van der Waals surface area contributed by atoms with Gasteiger partial charge in [0.05, 0.1) is 5.60 Å². The molecular formula is C15H21ClFNO. The molecule has 0 amide bonds. The first kappa shape index (κ1) is 14.8. The molecule has 2 unspecified atom stereocenters. The van der Waals surface area contributed by atoms with Gasteiger partial charge >= 0.3 is 0 Å². The fourth-order valence-corrected chi connectivity index (χ4v) is 2.97. The second kappa shape index (κ2) is 6.21. The summed E-state index contributed by atoms with van der Waals surface area (Å²) in [7, 11) is 0. The molecule has 0 saturated carbocycles. The molecule has 2 rings (SSSR count). The van der Waals surface area contributed by atoms with Crippen LogP contribution in [-0.2, 0) is 6.42 Å². The van der Waals surface area contributed by atoms with Crippen LogP contribution in [0.5, 0.6) is 0 Å². The van der Waals surface area contributed by atoms with Crippen LogP contribution in [0.15, 0.2) is 18.2 Å². The van der Waals surface area contributed by atoms with Gasteiger partial charge < -0.3 is 10.4 Å². The Morgan fingerprint density at radius 2 is 2.26 bits per heavy atom. The van der Waals surface area contributed by atoms with Crippen molar-refractivity contribution in [2.24, 2.45) is 0 Å². The average molecular weight is 286 g/mol. The van der Waals surface area contributed by atoms with E-state index in [9.17, 15) is 9.50 Å². The number of benzene rings is 1. The molecule has 1 aliphatic rings. The van der Waals surface area contributed by atoms with Gasteiger partial charge in [-0.25, -0.2) is 4.39 Å². The first-order chi connectivity index (χ1) is 8.96. The van der Waals surface area contributed by atoms with Gasteiger partial charge in [0.2, 0.25) is 0 Å². The van der Waals surface area contributed by atoms with E-state index in [0.29, 0.717) is 29.5 Å². The summed E-state index contributed by atoms with van der Waals surface area (Å²) in [5.41, 5.74) is -0.200. The van der Waals surface area contributed by atoms with Crippen LogP contribution in [-0.4, -0.2) is 23.3 Å². The molecule has 19 heavy (non-hydrogen) atoms. The summed E-state index contributed by atoms with van der Waals surface area (Å²) in [4.78, 5) is 0. The Morgan fingerprint density at radius 1 is 1.47 bits per heavy atom. The van der Waals surface area contributed by atoms with Crippen LogP contribution in [0.1, 0.15) is 38.2 Å². The zero-order valence-electron chi connectivity index (χ0n) is 11.3. The second-order valence-corrected chi connectivity index (χ2v) is 6.17. The molecule has 0 spiro atoms. The maximum absolute atomic E-state index is 13.2. The van der Waals surface area contributed by atoms with Gasteiger partial charge in [-0.3, -0.25) is 0 Å². The Balaban J connectivity index is 2.00. The fourth-order valence-electron chi connectivity index (χ4n) is 2.79. The van der Waals surface area contributed by atoms with Gasteiger partial charge in [0.25, 0.3) is 0 Å². The summed E-state index contributed by atoms with van der Waals surface area (Å²) in [5, 5.41) is 14.4. The number of rotatable bonds is 4. The van der Waals surface area contributed by atoms with Crippen LogP contribution >= 0.6 is 11.6 Å². The van der Waals surface area contributed by atoms with Crippen molar-refractivity contribution in [3.63, 3.8) is 0 Å². The largest absolute Gasteiger partial charge is 0.390 e. The van der Waals surface area contributed by atoms with Gasteiger partial charge in [-0.1, -0.05) is 18.0 Å². The minimum atomic E-state index is -0.869. The molecule has 4 heteroatoms. The molecule has 1 fully saturated rings. The summed E-state index contributed by atoms with van der Waals surface area (Å²) in [6, 6.07) is 4.63. The van der Waals surface area contributed by atoms with Crippen molar-refractivity contribution >= 4 is 11.6 Å². The normalized spacial score (nSPS) is 23.1. The van der Waals surface area contributed by atoms with Crippen LogP contribution in [0.2, 0.25) is 5.02 Å². The summed E-state index contributed by atoms with van der Waals surface area (Å²) in [6.45, 7) is 2.81. The lowest BCUT2D eigenvalue weighted by molar-refractivity contribution is 0.0371. The summed E-state index contributed by atoms with van der Waals surface area (Å²) < 4.78 is 13.2. The SMILES string of the molecule is CC(O)(Cc1cc(F)ccc1Cl)CC1CCCCN1. The van der Waals surface area contributed by atoms with Gasteiger partial charge in [0.1, 0.15) is 5.82 Å². The number of hydrogen-bond donors (Lipinski definition) is 2. The predicted molar refractivity (Wildman–Crippen MR) is 76.0 cm³/mol. The fraction of sp³-hybridized carbons (Fsp3) is 0.600. The lowest BCUT2D eigenvalue weighted by Crippen LogP contribution is -2.41. The van der Waals surface area contributed by atoms with Crippen molar-refractivity contribution in [3.05, 3.63) is 34.6 Å². The Labute approximate surface area is 119 Å². The molecule has 1 aliphatic heterocycles.